The van der Waals surface area contributed by atoms with Crippen LogP contribution in [0.15, 0.2) is 18.2 Å². The Morgan fingerprint density at radius 2 is 2.00 bits per heavy atom. The van der Waals surface area contributed by atoms with E-state index in [4.69, 9.17) is 15.2 Å². The van der Waals surface area contributed by atoms with Crippen LogP contribution < -0.4 is 20.5 Å². The molecule has 0 aromatic heterocycles. The molecular weight excluding hydrogens is 244 g/mol. The maximum Gasteiger partial charge on any atom is 0.255 e. The summed E-state index contributed by atoms with van der Waals surface area (Å²) in [4.78, 5) is 12.1. The zero-order chi connectivity index (χ0) is 14.4. The summed E-state index contributed by atoms with van der Waals surface area (Å²) >= 11 is 0. The van der Waals surface area contributed by atoms with Crippen molar-refractivity contribution in [1.82, 2.24) is 5.32 Å². The van der Waals surface area contributed by atoms with Crippen molar-refractivity contribution >= 4 is 5.91 Å². The summed E-state index contributed by atoms with van der Waals surface area (Å²) in [5, 5.41) is 2.81. The van der Waals surface area contributed by atoms with Gasteiger partial charge in [0.05, 0.1) is 19.8 Å². The highest BCUT2D eigenvalue weighted by atomic mass is 16.5. The van der Waals surface area contributed by atoms with Gasteiger partial charge in [0.1, 0.15) is 11.5 Å². The fourth-order valence-corrected chi connectivity index (χ4v) is 1.53. The van der Waals surface area contributed by atoms with Gasteiger partial charge in [-0.3, -0.25) is 4.79 Å². The van der Waals surface area contributed by atoms with Gasteiger partial charge >= 0.3 is 0 Å². The molecule has 0 saturated carbocycles. The third kappa shape index (κ3) is 4.13. The molecule has 0 saturated heterocycles. The second kappa shape index (κ2) is 6.99. The van der Waals surface area contributed by atoms with Gasteiger partial charge in [0.15, 0.2) is 0 Å². The Morgan fingerprint density at radius 3 is 2.53 bits per heavy atom. The van der Waals surface area contributed by atoms with Crippen LogP contribution in [0.2, 0.25) is 0 Å². The molecule has 0 aliphatic heterocycles. The maximum absolute atomic E-state index is 12.1. The molecule has 3 N–H and O–H groups in total. The van der Waals surface area contributed by atoms with E-state index in [9.17, 15) is 4.79 Å². The minimum absolute atomic E-state index is 0.0619. The van der Waals surface area contributed by atoms with Crippen LogP contribution in [0.5, 0.6) is 11.5 Å². The van der Waals surface area contributed by atoms with Crippen molar-refractivity contribution in [1.29, 1.82) is 0 Å². The van der Waals surface area contributed by atoms with Gasteiger partial charge in [0.25, 0.3) is 5.91 Å². The number of nitrogens with one attached hydrogen (secondary N) is 1. The van der Waals surface area contributed by atoms with Crippen molar-refractivity contribution < 1.29 is 14.3 Å². The van der Waals surface area contributed by atoms with Crippen molar-refractivity contribution in [2.45, 2.75) is 19.9 Å². The van der Waals surface area contributed by atoms with Crippen LogP contribution in [0.25, 0.3) is 0 Å². The number of carbonyl (C=O) groups excluding carboxylic acids is 1. The number of methoxy groups -OCH3 is 2. The molecule has 0 aliphatic rings. The van der Waals surface area contributed by atoms with E-state index in [1.807, 2.05) is 13.8 Å². The first kappa shape index (κ1) is 15.3. The molecule has 0 fully saturated rings. The summed E-state index contributed by atoms with van der Waals surface area (Å²) in [5.74, 6) is 1.25. The molecule has 1 unspecified atom stereocenters. The molecule has 0 spiro atoms. The van der Waals surface area contributed by atoms with Gasteiger partial charge in [-0.05, 0) is 18.1 Å². The number of hydrogen-bond donors (Lipinski definition) is 2. The Labute approximate surface area is 114 Å². The smallest absolute Gasteiger partial charge is 0.255 e. The lowest BCUT2D eigenvalue weighted by Gasteiger charge is -2.17. The average molecular weight is 266 g/mol. The molecule has 0 aliphatic carbocycles. The highest BCUT2D eigenvalue weighted by Gasteiger charge is 2.15. The molecule has 0 bridgehead atoms. The number of nitrogens with two attached hydrogens (primary N) is 1. The third-order valence-corrected chi connectivity index (χ3v) is 3.01. The Kier molecular flexibility index (Phi) is 5.63. The number of ether oxygens (including phenoxy) is 2. The number of benzene rings is 1. The molecule has 1 aromatic rings. The Bertz CT molecular complexity index is 433. The first-order valence-corrected chi connectivity index (χ1v) is 6.25. The zero-order valence-electron chi connectivity index (χ0n) is 11.9. The Balaban J connectivity index is 2.76. The summed E-state index contributed by atoms with van der Waals surface area (Å²) in [6.07, 6.45) is 0. The van der Waals surface area contributed by atoms with E-state index in [-0.39, 0.29) is 11.9 Å². The van der Waals surface area contributed by atoms with Crippen LogP contribution in [0.4, 0.5) is 0 Å². The SMILES string of the molecule is COc1ccc(C(=O)NCC(N)C(C)C)c(OC)c1. The first-order valence-electron chi connectivity index (χ1n) is 6.25. The highest BCUT2D eigenvalue weighted by molar-refractivity contribution is 5.97. The van der Waals surface area contributed by atoms with E-state index in [2.05, 4.69) is 5.32 Å². The number of hydrogen-bond acceptors (Lipinski definition) is 4. The Morgan fingerprint density at radius 1 is 1.32 bits per heavy atom. The van der Waals surface area contributed by atoms with E-state index >= 15 is 0 Å². The van der Waals surface area contributed by atoms with Gasteiger partial charge in [0, 0.05) is 18.7 Å². The minimum atomic E-state index is -0.199. The second-order valence-corrected chi connectivity index (χ2v) is 4.68. The van der Waals surface area contributed by atoms with Crippen molar-refractivity contribution in [3.05, 3.63) is 23.8 Å². The highest BCUT2D eigenvalue weighted by Crippen LogP contribution is 2.24. The maximum atomic E-state index is 12.1. The predicted molar refractivity (Wildman–Crippen MR) is 74.7 cm³/mol. The van der Waals surface area contributed by atoms with Gasteiger partial charge in [-0.1, -0.05) is 13.8 Å². The van der Waals surface area contributed by atoms with Gasteiger partial charge < -0.3 is 20.5 Å². The molecule has 106 valence electrons. The van der Waals surface area contributed by atoms with Gasteiger partial charge in [-0.25, -0.2) is 0 Å². The van der Waals surface area contributed by atoms with Crippen LogP contribution in [0.1, 0.15) is 24.2 Å². The predicted octanol–water partition coefficient (Wildman–Crippen LogP) is 1.42. The standard InChI is InChI=1S/C14H22N2O3/c1-9(2)12(15)8-16-14(17)11-6-5-10(18-3)7-13(11)19-4/h5-7,9,12H,8,15H2,1-4H3,(H,16,17). The van der Waals surface area contributed by atoms with E-state index in [0.29, 0.717) is 29.5 Å². The molecule has 1 amide bonds. The van der Waals surface area contributed by atoms with Crippen LogP contribution in [0.3, 0.4) is 0 Å². The van der Waals surface area contributed by atoms with E-state index in [0.717, 1.165) is 0 Å². The third-order valence-electron chi connectivity index (χ3n) is 3.01. The normalized spacial score (nSPS) is 12.1. The first-order chi connectivity index (χ1) is 8.99. The van der Waals surface area contributed by atoms with Crippen molar-refractivity contribution in [2.75, 3.05) is 20.8 Å². The lowest BCUT2D eigenvalue weighted by molar-refractivity contribution is 0.0946. The molecule has 1 rings (SSSR count). The summed E-state index contributed by atoms with van der Waals surface area (Å²) in [5.41, 5.74) is 6.36. The fraction of sp³-hybridized carbons (Fsp3) is 0.500. The summed E-state index contributed by atoms with van der Waals surface area (Å²) in [7, 11) is 3.08. The molecule has 5 nitrogen and oxygen atoms in total. The molecule has 1 atom stereocenters. The summed E-state index contributed by atoms with van der Waals surface area (Å²) in [6, 6.07) is 5.01. The topological polar surface area (TPSA) is 73.6 Å². The van der Waals surface area contributed by atoms with Gasteiger partial charge in [-0.2, -0.15) is 0 Å². The zero-order valence-corrected chi connectivity index (χ0v) is 11.9. The number of carbonyl (C=O) groups is 1. The minimum Gasteiger partial charge on any atom is -0.497 e. The van der Waals surface area contributed by atoms with Gasteiger partial charge in [0.2, 0.25) is 0 Å². The van der Waals surface area contributed by atoms with E-state index in [1.54, 1.807) is 25.3 Å². The second-order valence-electron chi connectivity index (χ2n) is 4.68. The summed E-state index contributed by atoms with van der Waals surface area (Å²) in [6.45, 7) is 4.47. The van der Waals surface area contributed by atoms with Crippen molar-refractivity contribution in [3.8, 4) is 11.5 Å². The largest absolute Gasteiger partial charge is 0.497 e. The molecule has 1 aromatic carbocycles. The number of rotatable bonds is 6. The molecule has 5 heteroatoms. The van der Waals surface area contributed by atoms with E-state index < -0.39 is 0 Å². The lowest BCUT2D eigenvalue weighted by Crippen LogP contribution is -2.40. The molecular formula is C14H22N2O3. The van der Waals surface area contributed by atoms with Crippen LogP contribution >= 0.6 is 0 Å². The van der Waals surface area contributed by atoms with Crippen molar-refractivity contribution in [3.63, 3.8) is 0 Å². The number of amides is 1. The summed E-state index contributed by atoms with van der Waals surface area (Å²) < 4.78 is 10.3. The Hall–Kier alpha value is -1.75. The van der Waals surface area contributed by atoms with Crippen LogP contribution in [-0.4, -0.2) is 32.7 Å². The van der Waals surface area contributed by atoms with Crippen LogP contribution in [-0.2, 0) is 0 Å². The van der Waals surface area contributed by atoms with Crippen LogP contribution in [0, 0.1) is 5.92 Å². The lowest BCUT2D eigenvalue weighted by atomic mass is 10.1. The fourth-order valence-electron chi connectivity index (χ4n) is 1.53. The van der Waals surface area contributed by atoms with E-state index in [1.165, 1.54) is 7.11 Å². The average Bonchev–Trinajstić information content (AvgIpc) is 2.43. The quantitative estimate of drug-likeness (QED) is 0.816. The monoisotopic (exact) mass is 266 g/mol. The molecule has 0 radical (unpaired) electrons. The molecule has 19 heavy (non-hydrogen) atoms. The van der Waals surface area contributed by atoms with Gasteiger partial charge in [-0.15, -0.1) is 0 Å². The molecule has 0 heterocycles. The van der Waals surface area contributed by atoms with Crippen molar-refractivity contribution in [2.24, 2.45) is 11.7 Å².